The number of amides is 2. The van der Waals surface area contributed by atoms with Crippen LogP contribution in [-0.4, -0.2) is 87.1 Å². The number of nitrogens with zero attached hydrogens (tertiary/aromatic N) is 1. The van der Waals surface area contributed by atoms with Gasteiger partial charge in [0.2, 0.25) is 21.8 Å². The van der Waals surface area contributed by atoms with Gasteiger partial charge < -0.3 is 39.1 Å². The van der Waals surface area contributed by atoms with Crippen molar-refractivity contribution >= 4 is 33.5 Å². The molecule has 3 N–H and O–H groups in total. The molecule has 6 rings (SSSR count). The van der Waals surface area contributed by atoms with E-state index < -0.39 is 87.0 Å². The van der Waals surface area contributed by atoms with Gasteiger partial charge in [-0.1, -0.05) is 121 Å². The van der Waals surface area contributed by atoms with Crippen molar-refractivity contribution in [3.05, 3.63) is 178 Å². The number of ether oxygens (including phenoxy) is 6. The minimum absolute atomic E-state index is 0.0501. The molecule has 66 heavy (non-hydrogen) atoms. The van der Waals surface area contributed by atoms with Crippen LogP contribution in [0.4, 0.5) is 5.69 Å². The second kappa shape index (κ2) is 24.2. The number of non-ortho nitro benzene ring substituents is 1. The number of carbonyl (C=O) groups excluding carboxylic acids is 3. The Hall–Kier alpha value is -6.38. The van der Waals surface area contributed by atoms with E-state index in [0.29, 0.717) is 5.56 Å². The van der Waals surface area contributed by atoms with Crippen LogP contribution in [-0.2, 0) is 79.3 Å². The van der Waals surface area contributed by atoms with Gasteiger partial charge in [-0.3, -0.25) is 19.7 Å². The van der Waals surface area contributed by atoms with Crippen LogP contribution >= 0.6 is 0 Å². The smallest absolute Gasteiger partial charge is 0.328 e. The van der Waals surface area contributed by atoms with Gasteiger partial charge in [0.25, 0.3) is 5.69 Å². The lowest BCUT2D eigenvalue weighted by Crippen LogP contribution is -2.66. The van der Waals surface area contributed by atoms with Gasteiger partial charge in [0.05, 0.1) is 42.9 Å². The number of benzene rings is 5. The summed E-state index contributed by atoms with van der Waals surface area (Å²) in [7, 11) is -4.58. The van der Waals surface area contributed by atoms with Crippen LogP contribution < -0.4 is 15.4 Å². The van der Waals surface area contributed by atoms with E-state index in [9.17, 15) is 32.9 Å². The lowest BCUT2D eigenvalue weighted by atomic mass is 9.95. The summed E-state index contributed by atoms with van der Waals surface area (Å²) >= 11 is 0. The fourth-order valence-corrected chi connectivity index (χ4v) is 8.13. The second-order valence-electron chi connectivity index (χ2n) is 15.4. The molecule has 0 aliphatic carbocycles. The van der Waals surface area contributed by atoms with E-state index in [2.05, 4.69) is 15.4 Å². The lowest BCUT2D eigenvalue weighted by molar-refractivity contribution is -0.384. The van der Waals surface area contributed by atoms with E-state index in [4.69, 9.17) is 28.4 Å². The highest BCUT2D eigenvalue weighted by Gasteiger charge is 2.49. The predicted molar refractivity (Wildman–Crippen MR) is 239 cm³/mol. The fraction of sp³-hybridized carbons (Fsp3) is 0.312. The van der Waals surface area contributed by atoms with Crippen molar-refractivity contribution < 1.29 is 56.1 Å². The molecule has 1 saturated heterocycles. The number of carbonyl (C=O) groups is 3. The Morgan fingerprint density at radius 3 is 1.71 bits per heavy atom. The molecule has 5 aromatic rings. The first-order valence-electron chi connectivity index (χ1n) is 21.1. The summed E-state index contributed by atoms with van der Waals surface area (Å²) in [5.74, 6) is -2.27. The minimum Gasteiger partial charge on any atom is -0.459 e. The van der Waals surface area contributed by atoms with Crippen LogP contribution in [0.15, 0.2) is 150 Å². The quantitative estimate of drug-likeness (QED) is 0.0441. The van der Waals surface area contributed by atoms with Gasteiger partial charge in [0.15, 0.2) is 6.29 Å². The number of rotatable bonds is 23. The molecule has 0 radical (unpaired) electrons. The summed E-state index contributed by atoms with van der Waals surface area (Å²) in [5.41, 5.74) is 2.91. The Labute approximate surface area is 382 Å². The average molecular weight is 925 g/mol. The molecule has 2 amide bonds. The van der Waals surface area contributed by atoms with E-state index in [-0.39, 0.29) is 38.7 Å². The maximum Gasteiger partial charge on any atom is 0.328 e. The number of nitro benzene ring substituents is 1. The normalized spacial score (nSPS) is 19.2. The van der Waals surface area contributed by atoms with E-state index in [1.807, 2.05) is 91.0 Å². The number of esters is 1. The molecule has 0 unspecified atom stereocenters. The highest BCUT2D eigenvalue weighted by atomic mass is 32.2. The summed E-state index contributed by atoms with van der Waals surface area (Å²) in [6, 6.07) is 37.0. The highest BCUT2D eigenvalue weighted by Crippen LogP contribution is 2.30. The van der Waals surface area contributed by atoms with Crippen molar-refractivity contribution in [1.29, 1.82) is 0 Å². The van der Waals surface area contributed by atoms with Crippen molar-refractivity contribution in [3.63, 3.8) is 0 Å². The van der Waals surface area contributed by atoms with Crippen LogP contribution in [0.1, 0.15) is 36.1 Å². The molecular formula is C48H52N4O13S. The number of hydrogen-bond donors (Lipinski definition) is 3. The lowest BCUT2D eigenvalue weighted by Gasteiger charge is -2.46. The predicted octanol–water partition coefficient (Wildman–Crippen LogP) is 5.12. The monoisotopic (exact) mass is 924 g/mol. The molecule has 348 valence electrons. The summed E-state index contributed by atoms with van der Waals surface area (Å²) < 4.78 is 67.6. The summed E-state index contributed by atoms with van der Waals surface area (Å²) in [6.45, 7) is 2.24. The van der Waals surface area contributed by atoms with Gasteiger partial charge >= 0.3 is 5.97 Å². The summed E-state index contributed by atoms with van der Waals surface area (Å²) in [4.78, 5) is 50.3. The molecule has 1 fully saturated rings. The van der Waals surface area contributed by atoms with Crippen molar-refractivity contribution in [2.24, 2.45) is 0 Å². The Morgan fingerprint density at radius 1 is 0.697 bits per heavy atom. The summed E-state index contributed by atoms with van der Waals surface area (Å²) in [6.07, 6.45) is -4.20. The third kappa shape index (κ3) is 14.6. The summed E-state index contributed by atoms with van der Waals surface area (Å²) in [5, 5.41) is 16.7. The van der Waals surface area contributed by atoms with E-state index in [1.165, 1.54) is 13.8 Å². The molecule has 1 aliphatic heterocycles. The number of hydrogen-bond acceptors (Lipinski definition) is 13. The van der Waals surface area contributed by atoms with Crippen LogP contribution in [0.3, 0.4) is 0 Å². The zero-order chi connectivity index (χ0) is 46.9. The molecule has 17 nitrogen and oxygen atoms in total. The van der Waals surface area contributed by atoms with Gasteiger partial charge in [0.1, 0.15) is 43.0 Å². The maximum absolute atomic E-state index is 14.1. The van der Waals surface area contributed by atoms with E-state index in [0.717, 1.165) is 41.0 Å². The second-order valence-corrected chi connectivity index (χ2v) is 17.1. The van der Waals surface area contributed by atoms with Crippen LogP contribution in [0.25, 0.3) is 0 Å². The molecule has 0 aromatic heterocycles. The third-order valence-corrected chi connectivity index (χ3v) is 11.8. The van der Waals surface area contributed by atoms with Gasteiger partial charge in [-0.25, -0.2) is 13.2 Å². The molecule has 7 atom stereocenters. The molecule has 1 aliphatic rings. The van der Waals surface area contributed by atoms with Crippen LogP contribution in [0, 0.1) is 10.1 Å². The standard InChI is InChI=1S/C48H52N4O13S/c1-33(47(55)63-30-38-21-13-6-14-22-38)49-46(54)41(51-66(58,59)40-25-23-39(24-26-40)52(56)57)31-64-48-43(50-34(2)53)45(62-29-37-19-11-5-12-20-37)44(61-28-36-17-9-4-10-18-36)42(65-48)32-60-27-35-15-7-3-8-16-35/h3-26,33,41-45,48,51H,27-32H2,1-2H3,(H,49,54)(H,50,53)/t33-,41-,42+,43+,44+,45+,48-/m0/s1. The van der Waals surface area contributed by atoms with Gasteiger partial charge in [0, 0.05) is 19.1 Å². The zero-order valence-electron chi connectivity index (χ0n) is 36.3. The number of nitro groups is 1. The highest BCUT2D eigenvalue weighted by molar-refractivity contribution is 7.89. The zero-order valence-corrected chi connectivity index (χ0v) is 37.1. The van der Waals surface area contributed by atoms with Gasteiger partial charge in [-0.05, 0) is 41.3 Å². The Balaban J connectivity index is 1.30. The Morgan fingerprint density at radius 2 is 1.20 bits per heavy atom. The molecule has 0 saturated carbocycles. The maximum atomic E-state index is 14.1. The SMILES string of the molecule is CC(=O)N[C@H]1[C@@H](OC[C@H](NS(=O)(=O)c2ccc([N+](=O)[O-])cc2)C(=O)N[C@@H](C)C(=O)OCc2ccccc2)O[C@H](COCc2ccccc2)[C@@H](OCc2ccccc2)[C@@H]1OCc1ccccc1. The van der Waals surface area contributed by atoms with Crippen LogP contribution in [0.5, 0.6) is 0 Å². The first-order chi connectivity index (χ1) is 31.9. The molecule has 0 bridgehead atoms. The molecule has 5 aromatic carbocycles. The Bertz CT molecular complexity index is 2440. The molecule has 1 heterocycles. The van der Waals surface area contributed by atoms with Crippen molar-refractivity contribution in [2.45, 2.75) is 87.9 Å². The topological polar surface area (TPSA) is 220 Å². The number of sulfonamides is 1. The Kier molecular flexibility index (Phi) is 18.0. The van der Waals surface area contributed by atoms with E-state index in [1.54, 1.807) is 30.3 Å². The first-order valence-corrected chi connectivity index (χ1v) is 22.6. The van der Waals surface area contributed by atoms with Crippen molar-refractivity contribution in [3.8, 4) is 0 Å². The number of nitrogens with one attached hydrogen (secondary N) is 3. The third-order valence-electron chi connectivity index (χ3n) is 10.3. The molecular weight excluding hydrogens is 873 g/mol. The van der Waals surface area contributed by atoms with Crippen molar-refractivity contribution in [2.75, 3.05) is 13.2 Å². The van der Waals surface area contributed by atoms with Crippen molar-refractivity contribution in [1.82, 2.24) is 15.4 Å². The fourth-order valence-electron chi connectivity index (χ4n) is 6.95. The van der Waals surface area contributed by atoms with E-state index >= 15 is 0 Å². The largest absolute Gasteiger partial charge is 0.459 e. The average Bonchev–Trinajstić information content (AvgIpc) is 3.32. The molecule has 0 spiro atoms. The van der Waals surface area contributed by atoms with Gasteiger partial charge in [-0.15, -0.1) is 0 Å². The van der Waals surface area contributed by atoms with Crippen LogP contribution in [0.2, 0.25) is 0 Å². The molecule has 18 heteroatoms. The van der Waals surface area contributed by atoms with Gasteiger partial charge in [-0.2, -0.15) is 4.72 Å². The first kappa shape index (κ1) is 49.1. The minimum atomic E-state index is -4.58.